The molecule has 19 heavy (non-hydrogen) atoms. The van der Waals surface area contributed by atoms with Crippen LogP contribution in [0.5, 0.6) is 0 Å². The Morgan fingerprint density at radius 3 is 2.26 bits per heavy atom. The van der Waals surface area contributed by atoms with Crippen molar-refractivity contribution in [1.82, 2.24) is 4.72 Å². The van der Waals surface area contributed by atoms with Gasteiger partial charge in [0.15, 0.2) is 0 Å². The second-order valence-corrected chi connectivity index (χ2v) is 7.32. The number of halogens is 1. The van der Waals surface area contributed by atoms with Crippen LogP contribution in [0, 0.1) is 6.92 Å². The molecule has 0 aliphatic rings. The van der Waals surface area contributed by atoms with Crippen LogP contribution in [0.4, 0.5) is 0 Å². The normalized spacial score (nSPS) is 12.5. The van der Waals surface area contributed by atoms with Crippen LogP contribution in [0.3, 0.4) is 0 Å². The lowest BCUT2D eigenvalue weighted by Gasteiger charge is -2.21. The number of carboxylic acid groups (broad SMARTS) is 1. The predicted molar refractivity (Wildman–Crippen MR) is 73.2 cm³/mol. The SMILES string of the molecule is Cc1c(C(=O)O)cc(Cl)cc1S(=O)(=O)NC(C)(C)C. The number of nitrogens with one attached hydrogen (secondary N) is 1. The first-order chi connectivity index (χ1) is 8.44. The summed E-state index contributed by atoms with van der Waals surface area (Å²) in [4.78, 5) is 10.9. The minimum atomic E-state index is -3.82. The smallest absolute Gasteiger partial charge is 0.336 e. The Bertz CT molecular complexity index is 617. The fraction of sp³-hybridized carbons (Fsp3) is 0.417. The van der Waals surface area contributed by atoms with Gasteiger partial charge in [-0.2, -0.15) is 0 Å². The van der Waals surface area contributed by atoms with Gasteiger partial charge in [0.05, 0.1) is 10.5 Å². The molecule has 0 aliphatic heterocycles. The van der Waals surface area contributed by atoms with Crippen LogP contribution in [0.2, 0.25) is 5.02 Å². The van der Waals surface area contributed by atoms with E-state index in [9.17, 15) is 13.2 Å². The summed E-state index contributed by atoms with van der Waals surface area (Å²) in [5.41, 5.74) is -0.632. The van der Waals surface area contributed by atoms with E-state index in [0.717, 1.165) is 0 Å². The quantitative estimate of drug-likeness (QED) is 0.898. The van der Waals surface area contributed by atoms with Crippen molar-refractivity contribution in [1.29, 1.82) is 0 Å². The first kappa shape index (κ1) is 15.9. The zero-order valence-corrected chi connectivity index (χ0v) is 12.7. The van der Waals surface area contributed by atoms with E-state index in [1.807, 2.05) is 0 Å². The van der Waals surface area contributed by atoms with Crippen molar-refractivity contribution in [2.24, 2.45) is 0 Å². The van der Waals surface area contributed by atoms with Gasteiger partial charge in [-0.3, -0.25) is 0 Å². The molecule has 106 valence electrons. The van der Waals surface area contributed by atoms with Gasteiger partial charge in [-0.15, -0.1) is 0 Å². The van der Waals surface area contributed by atoms with E-state index in [-0.39, 0.29) is 21.0 Å². The maximum atomic E-state index is 12.2. The number of hydrogen-bond donors (Lipinski definition) is 2. The summed E-state index contributed by atoms with van der Waals surface area (Å²) in [5, 5.41) is 9.11. The van der Waals surface area contributed by atoms with Crippen molar-refractivity contribution >= 4 is 27.6 Å². The molecule has 1 rings (SSSR count). The topological polar surface area (TPSA) is 83.5 Å². The van der Waals surface area contributed by atoms with E-state index in [2.05, 4.69) is 4.72 Å². The van der Waals surface area contributed by atoms with Crippen LogP contribution < -0.4 is 4.72 Å². The molecule has 0 fully saturated rings. The van der Waals surface area contributed by atoms with Gasteiger partial charge in [-0.25, -0.2) is 17.9 Å². The lowest BCUT2D eigenvalue weighted by Crippen LogP contribution is -2.40. The monoisotopic (exact) mass is 305 g/mol. The fourth-order valence-corrected chi connectivity index (χ4v) is 3.61. The van der Waals surface area contributed by atoms with Crippen molar-refractivity contribution in [2.45, 2.75) is 38.1 Å². The Kier molecular flexibility index (Phi) is 4.29. The van der Waals surface area contributed by atoms with Gasteiger partial charge < -0.3 is 5.11 Å². The lowest BCUT2D eigenvalue weighted by atomic mass is 10.1. The molecule has 0 aliphatic carbocycles. The molecule has 5 nitrogen and oxygen atoms in total. The highest BCUT2D eigenvalue weighted by molar-refractivity contribution is 7.89. The summed E-state index contributed by atoms with van der Waals surface area (Å²) < 4.78 is 26.9. The van der Waals surface area contributed by atoms with Gasteiger partial charge in [0, 0.05) is 10.6 Å². The average molecular weight is 306 g/mol. The minimum Gasteiger partial charge on any atom is -0.478 e. The van der Waals surface area contributed by atoms with E-state index in [0.29, 0.717) is 0 Å². The largest absolute Gasteiger partial charge is 0.478 e. The van der Waals surface area contributed by atoms with Crippen LogP contribution in [0.1, 0.15) is 36.7 Å². The third-order valence-corrected chi connectivity index (χ3v) is 4.39. The molecule has 0 aromatic heterocycles. The van der Waals surface area contributed by atoms with Crippen LogP contribution in [0.15, 0.2) is 17.0 Å². The number of carboxylic acids is 1. The number of sulfonamides is 1. The molecule has 0 atom stereocenters. The molecule has 0 saturated carbocycles. The van der Waals surface area contributed by atoms with Crippen LogP contribution in [-0.4, -0.2) is 25.0 Å². The standard InChI is InChI=1S/C12H16ClNO4S/c1-7-9(11(15)16)5-8(13)6-10(7)19(17,18)14-12(2,3)4/h5-6,14H,1-4H3,(H,15,16). The van der Waals surface area contributed by atoms with E-state index in [4.69, 9.17) is 16.7 Å². The molecule has 0 unspecified atom stereocenters. The Balaban J connectivity index is 3.48. The molecule has 0 amide bonds. The highest BCUT2D eigenvalue weighted by atomic mass is 35.5. The van der Waals surface area contributed by atoms with Crippen LogP contribution in [0.25, 0.3) is 0 Å². The summed E-state index contributed by atoms with van der Waals surface area (Å²) in [5.74, 6) is -1.22. The molecule has 2 N–H and O–H groups in total. The van der Waals surface area contributed by atoms with Gasteiger partial charge in [-0.1, -0.05) is 11.6 Å². The molecule has 0 radical (unpaired) electrons. The van der Waals surface area contributed by atoms with Crippen molar-refractivity contribution in [2.75, 3.05) is 0 Å². The average Bonchev–Trinajstić information content (AvgIpc) is 2.16. The summed E-state index contributed by atoms with van der Waals surface area (Å²) >= 11 is 5.79. The third-order valence-electron chi connectivity index (χ3n) is 2.29. The highest BCUT2D eigenvalue weighted by Crippen LogP contribution is 2.25. The Labute approximate surface area is 117 Å². The lowest BCUT2D eigenvalue weighted by molar-refractivity contribution is 0.0696. The van der Waals surface area contributed by atoms with Crippen LogP contribution >= 0.6 is 11.6 Å². The molecule has 0 bridgehead atoms. The van der Waals surface area contributed by atoms with Crippen LogP contribution in [-0.2, 0) is 10.0 Å². The van der Waals surface area contributed by atoms with E-state index in [1.165, 1.54) is 19.1 Å². The van der Waals surface area contributed by atoms with Gasteiger partial charge in [0.1, 0.15) is 0 Å². The first-order valence-corrected chi connectivity index (χ1v) is 7.37. The second kappa shape index (κ2) is 5.11. The van der Waals surface area contributed by atoms with E-state index >= 15 is 0 Å². The molecular weight excluding hydrogens is 290 g/mol. The second-order valence-electron chi connectivity index (χ2n) is 5.24. The molecule has 0 spiro atoms. The van der Waals surface area contributed by atoms with Crippen molar-refractivity contribution in [3.8, 4) is 0 Å². The Morgan fingerprint density at radius 2 is 1.84 bits per heavy atom. The molecule has 0 heterocycles. The first-order valence-electron chi connectivity index (χ1n) is 5.51. The fourth-order valence-electron chi connectivity index (χ4n) is 1.61. The molecule has 7 heteroatoms. The number of rotatable bonds is 3. The number of aromatic carboxylic acids is 1. The van der Waals surface area contributed by atoms with Crippen molar-refractivity contribution in [3.05, 3.63) is 28.3 Å². The summed E-state index contributed by atoms with van der Waals surface area (Å²) in [6, 6.07) is 2.48. The van der Waals surface area contributed by atoms with Gasteiger partial charge in [0.25, 0.3) is 0 Å². The van der Waals surface area contributed by atoms with Crippen molar-refractivity contribution in [3.63, 3.8) is 0 Å². The molecule has 1 aromatic carbocycles. The van der Waals surface area contributed by atoms with Gasteiger partial charge >= 0.3 is 5.97 Å². The van der Waals surface area contributed by atoms with Crippen molar-refractivity contribution < 1.29 is 18.3 Å². The summed E-state index contributed by atoms with van der Waals surface area (Å²) in [6.07, 6.45) is 0. The molecular formula is C12H16ClNO4S. The number of benzene rings is 1. The predicted octanol–water partition coefficient (Wildman–Crippen LogP) is 2.42. The Morgan fingerprint density at radius 1 is 1.32 bits per heavy atom. The molecule has 0 saturated heterocycles. The van der Waals surface area contributed by atoms with E-state index in [1.54, 1.807) is 20.8 Å². The summed E-state index contributed by atoms with van der Waals surface area (Å²) in [7, 11) is -3.82. The summed E-state index contributed by atoms with van der Waals surface area (Å²) in [6.45, 7) is 6.53. The third kappa shape index (κ3) is 3.92. The zero-order chi connectivity index (χ0) is 15.0. The van der Waals surface area contributed by atoms with E-state index < -0.39 is 21.5 Å². The zero-order valence-electron chi connectivity index (χ0n) is 11.1. The number of carbonyl (C=O) groups is 1. The van der Waals surface area contributed by atoms with Gasteiger partial charge in [-0.05, 0) is 45.4 Å². The molecule has 1 aromatic rings. The maximum absolute atomic E-state index is 12.2. The Hall–Kier alpha value is -1.11. The minimum absolute atomic E-state index is 0.0669. The van der Waals surface area contributed by atoms with Gasteiger partial charge in [0.2, 0.25) is 10.0 Å². The number of hydrogen-bond acceptors (Lipinski definition) is 3. The maximum Gasteiger partial charge on any atom is 0.336 e. The highest BCUT2D eigenvalue weighted by Gasteiger charge is 2.26.